The maximum Gasteiger partial charge on any atom is 0.244 e. The molecule has 0 aromatic heterocycles. The van der Waals surface area contributed by atoms with E-state index in [-0.39, 0.29) is 5.91 Å². The van der Waals surface area contributed by atoms with Gasteiger partial charge in [-0.1, -0.05) is 30.3 Å². The number of amides is 1. The Bertz CT molecular complexity index is 453. The van der Waals surface area contributed by atoms with Crippen molar-refractivity contribution in [2.45, 2.75) is 24.9 Å². The van der Waals surface area contributed by atoms with Crippen molar-refractivity contribution >= 4 is 5.91 Å². The highest BCUT2D eigenvalue weighted by molar-refractivity contribution is 5.86. The quantitative estimate of drug-likeness (QED) is 0.852. The summed E-state index contributed by atoms with van der Waals surface area (Å²) in [6, 6.07) is 11.1. The van der Waals surface area contributed by atoms with Crippen molar-refractivity contribution in [1.29, 1.82) is 5.26 Å². The second kappa shape index (κ2) is 5.65. The van der Waals surface area contributed by atoms with Crippen LogP contribution in [0.15, 0.2) is 30.3 Å². The van der Waals surface area contributed by atoms with Gasteiger partial charge in [-0.15, -0.1) is 0 Å². The molecule has 4 heteroatoms. The zero-order chi connectivity index (χ0) is 13.0. The third kappa shape index (κ3) is 2.69. The summed E-state index contributed by atoms with van der Waals surface area (Å²) in [5.74, 6) is -0.973. The molecule has 1 heterocycles. The molecule has 1 aromatic carbocycles. The van der Waals surface area contributed by atoms with Crippen LogP contribution in [0.2, 0.25) is 0 Å². The van der Waals surface area contributed by atoms with Crippen molar-refractivity contribution in [1.82, 2.24) is 4.90 Å². The Hall–Kier alpha value is -1.86. The SMILES string of the molecule is N#CC(C(=O)N1CCC[C@H](O)C1)c1ccccc1. The molecular formula is C14H16N2O2. The molecule has 1 fully saturated rings. The van der Waals surface area contributed by atoms with Crippen molar-refractivity contribution in [2.75, 3.05) is 13.1 Å². The van der Waals surface area contributed by atoms with E-state index in [9.17, 15) is 15.2 Å². The van der Waals surface area contributed by atoms with Gasteiger partial charge >= 0.3 is 0 Å². The number of rotatable bonds is 2. The van der Waals surface area contributed by atoms with Crippen molar-refractivity contribution in [2.24, 2.45) is 0 Å². The molecule has 0 bridgehead atoms. The minimum absolute atomic E-state index is 0.206. The number of nitriles is 1. The van der Waals surface area contributed by atoms with Crippen LogP contribution < -0.4 is 0 Å². The standard InChI is InChI=1S/C14H16N2O2/c15-9-13(11-5-2-1-3-6-11)14(18)16-8-4-7-12(17)10-16/h1-3,5-6,12-13,17H,4,7-8,10H2/t12-,13?/m0/s1. The molecule has 2 atom stereocenters. The number of likely N-dealkylation sites (tertiary alicyclic amines) is 1. The maximum atomic E-state index is 12.3. The lowest BCUT2D eigenvalue weighted by Crippen LogP contribution is -2.44. The normalized spacial score (nSPS) is 21.1. The van der Waals surface area contributed by atoms with Crippen LogP contribution >= 0.6 is 0 Å². The fourth-order valence-corrected chi connectivity index (χ4v) is 2.26. The van der Waals surface area contributed by atoms with Crippen LogP contribution in [0.1, 0.15) is 24.3 Å². The largest absolute Gasteiger partial charge is 0.391 e. The van der Waals surface area contributed by atoms with E-state index in [1.165, 1.54) is 0 Å². The maximum absolute atomic E-state index is 12.3. The average molecular weight is 244 g/mol. The predicted octanol–water partition coefficient (Wildman–Crippen LogP) is 1.28. The first-order chi connectivity index (χ1) is 8.72. The zero-order valence-corrected chi connectivity index (χ0v) is 10.1. The average Bonchev–Trinajstić information content (AvgIpc) is 2.41. The van der Waals surface area contributed by atoms with E-state index in [0.29, 0.717) is 18.7 Å². The van der Waals surface area contributed by atoms with Gasteiger partial charge in [0.25, 0.3) is 0 Å². The highest BCUT2D eigenvalue weighted by Crippen LogP contribution is 2.20. The molecule has 0 spiro atoms. The molecule has 1 aliphatic rings. The molecule has 1 saturated heterocycles. The van der Waals surface area contributed by atoms with Crippen LogP contribution in [0.5, 0.6) is 0 Å². The molecule has 1 N–H and O–H groups in total. The van der Waals surface area contributed by atoms with Crippen molar-refractivity contribution < 1.29 is 9.90 Å². The molecule has 0 aliphatic carbocycles. The summed E-state index contributed by atoms with van der Waals surface area (Å²) in [7, 11) is 0. The van der Waals surface area contributed by atoms with Gasteiger partial charge in [0.15, 0.2) is 0 Å². The molecule has 94 valence electrons. The molecular weight excluding hydrogens is 228 g/mol. The highest BCUT2D eigenvalue weighted by Gasteiger charge is 2.29. The number of carbonyl (C=O) groups excluding carboxylic acids is 1. The van der Waals surface area contributed by atoms with Crippen molar-refractivity contribution in [3.63, 3.8) is 0 Å². The topological polar surface area (TPSA) is 64.3 Å². The second-order valence-corrected chi connectivity index (χ2v) is 4.55. The number of hydrogen-bond donors (Lipinski definition) is 1. The van der Waals surface area contributed by atoms with E-state index in [1.54, 1.807) is 17.0 Å². The Kier molecular flexibility index (Phi) is 3.96. The van der Waals surface area contributed by atoms with Crippen LogP contribution in [0.4, 0.5) is 0 Å². The van der Waals surface area contributed by atoms with Crippen molar-refractivity contribution in [3.8, 4) is 6.07 Å². The van der Waals surface area contributed by atoms with Gasteiger partial charge in [-0.25, -0.2) is 0 Å². The van der Waals surface area contributed by atoms with E-state index in [4.69, 9.17) is 0 Å². The van der Waals surface area contributed by atoms with Gasteiger partial charge < -0.3 is 10.0 Å². The van der Waals surface area contributed by atoms with Gasteiger partial charge in [-0.2, -0.15) is 5.26 Å². The number of piperidine rings is 1. The number of benzene rings is 1. The first-order valence-corrected chi connectivity index (χ1v) is 6.14. The molecule has 1 aliphatic heterocycles. The predicted molar refractivity (Wildman–Crippen MR) is 66.6 cm³/mol. The number of nitrogens with zero attached hydrogens (tertiary/aromatic N) is 2. The Balaban J connectivity index is 2.14. The van der Waals surface area contributed by atoms with Gasteiger partial charge in [-0.3, -0.25) is 4.79 Å². The molecule has 2 rings (SSSR count). The van der Waals surface area contributed by atoms with E-state index in [1.807, 2.05) is 18.2 Å². The zero-order valence-electron chi connectivity index (χ0n) is 10.1. The lowest BCUT2D eigenvalue weighted by Gasteiger charge is -2.31. The summed E-state index contributed by atoms with van der Waals surface area (Å²) in [5, 5.41) is 18.8. The Morgan fingerprint density at radius 1 is 1.44 bits per heavy atom. The highest BCUT2D eigenvalue weighted by atomic mass is 16.3. The van der Waals surface area contributed by atoms with Crippen LogP contribution in [0.3, 0.4) is 0 Å². The molecule has 0 saturated carbocycles. The fraction of sp³-hybridized carbons (Fsp3) is 0.429. The Morgan fingerprint density at radius 2 is 2.17 bits per heavy atom. The van der Waals surface area contributed by atoms with Crippen molar-refractivity contribution in [3.05, 3.63) is 35.9 Å². The monoisotopic (exact) mass is 244 g/mol. The molecule has 0 radical (unpaired) electrons. The van der Waals surface area contributed by atoms with Crippen LogP contribution in [0.25, 0.3) is 0 Å². The van der Waals surface area contributed by atoms with E-state index >= 15 is 0 Å². The molecule has 18 heavy (non-hydrogen) atoms. The molecule has 4 nitrogen and oxygen atoms in total. The Morgan fingerprint density at radius 3 is 2.78 bits per heavy atom. The first kappa shape index (κ1) is 12.6. The number of hydrogen-bond acceptors (Lipinski definition) is 3. The van der Waals surface area contributed by atoms with Crippen LogP contribution in [-0.4, -0.2) is 35.1 Å². The lowest BCUT2D eigenvalue weighted by molar-refractivity contribution is -0.134. The van der Waals surface area contributed by atoms with Crippen LogP contribution in [0, 0.1) is 11.3 Å². The minimum Gasteiger partial charge on any atom is -0.391 e. The second-order valence-electron chi connectivity index (χ2n) is 4.55. The third-order valence-electron chi connectivity index (χ3n) is 3.22. The van der Waals surface area contributed by atoms with E-state index < -0.39 is 12.0 Å². The number of aliphatic hydroxyl groups excluding tert-OH is 1. The van der Waals surface area contributed by atoms with Gasteiger partial charge in [0, 0.05) is 13.1 Å². The fourth-order valence-electron chi connectivity index (χ4n) is 2.26. The number of aliphatic hydroxyl groups is 1. The molecule has 1 aromatic rings. The summed E-state index contributed by atoms with van der Waals surface area (Å²) in [5.41, 5.74) is 0.713. The van der Waals surface area contributed by atoms with Gasteiger partial charge in [0.05, 0.1) is 12.2 Å². The van der Waals surface area contributed by atoms with Gasteiger partial charge in [0.1, 0.15) is 5.92 Å². The Labute approximate surface area is 106 Å². The van der Waals surface area contributed by atoms with Gasteiger partial charge in [0.2, 0.25) is 5.91 Å². The smallest absolute Gasteiger partial charge is 0.244 e. The summed E-state index contributed by atoms with van der Waals surface area (Å²) >= 11 is 0. The summed E-state index contributed by atoms with van der Waals surface area (Å²) < 4.78 is 0. The van der Waals surface area contributed by atoms with E-state index in [0.717, 1.165) is 12.8 Å². The number of carbonyl (C=O) groups is 1. The molecule has 1 unspecified atom stereocenters. The van der Waals surface area contributed by atoms with E-state index in [2.05, 4.69) is 6.07 Å². The summed E-state index contributed by atoms with van der Waals surface area (Å²) in [6.45, 7) is 0.963. The third-order valence-corrected chi connectivity index (χ3v) is 3.22. The minimum atomic E-state index is -0.767. The first-order valence-electron chi connectivity index (χ1n) is 6.14. The summed E-state index contributed by atoms with van der Waals surface area (Å²) in [6.07, 6.45) is 1.06. The number of β-amino-alcohol motifs (C(OH)–C–C–N with tert-alkyl or cyclic N) is 1. The molecule has 1 amide bonds. The summed E-state index contributed by atoms with van der Waals surface area (Å²) in [4.78, 5) is 13.9. The van der Waals surface area contributed by atoms with Gasteiger partial charge in [-0.05, 0) is 18.4 Å². The lowest BCUT2D eigenvalue weighted by atomic mass is 9.97. The van der Waals surface area contributed by atoms with Crippen LogP contribution in [-0.2, 0) is 4.79 Å².